The lowest BCUT2D eigenvalue weighted by Crippen LogP contribution is -2.19. The molecule has 2 aromatic rings. The van der Waals surface area contributed by atoms with Crippen LogP contribution in [0.1, 0.15) is 32.1 Å². The van der Waals surface area contributed by atoms with Crippen molar-refractivity contribution in [3.05, 3.63) is 6.33 Å². The second kappa shape index (κ2) is 6.26. The van der Waals surface area contributed by atoms with E-state index in [0.29, 0.717) is 42.2 Å². The van der Waals surface area contributed by atoms with Gasteiger partial charge in [-0.05, 0) is 12.8 Å². The van der Waals surface area contributed by atoms with Crippen LogP contribution in [0.4, 0.5) is 5.95 Å². The molecule has 1 saturated carbocycles. The number of hydrogen-bond donors (Lipinski definition) is 1. The van der Waals surface area contributed by atoms with Crippen LogP contribution in [-0.2, 0) is 11.3 Å². The highest BCUT2D eigenvalue weighted by Gasteiger charge is 2.16. The minimum atomic E-state index is 0.388. The number of nitrogen functional groups attached to an aromatic ring is 1. The van der Waals surface area contributed by atoms with Crippen molar-refractivity contribution in [2.45, 2.75) is 44.8 Å². The van der Waals surface area contributed by atoms with Gasteiger partial charge >= 0.3 is 0 Å². The van der Waals surface area contributed by atoms with Crippen LogP contribution in [0.5, 0.6) is 5.88 Å². The number of aromatic nitrogens is 4. The Morgan fingerprint density at radius 1 is 1.29 bits per heavy atom. The third kappa shape index (κ3) is 2.92. The number of anilines is 1. The molecule has 0 amide bonds. The van der Waals surface area contributed by atoms with E-state index in [1.165, 1.54) is 25.6 Å². The predicted octanol–water partition coefficient (Wildman–Crippen LogP) is 1.77. The molecule has 0 saturated heterocycles. The summed E-state index contributed by atoms with van der Waals surface area (Å²) < 4.78 is 13.0. The van der Waals surface area contributed by atoms with E-state index in [1.807, 2.05) is 4.57 Å². The summed E-state index contributed by atoms with van der Waals surface area (Å²) in [5.41, 5.74) is 7.25. The first-order valence-corrected chi connectivity index (χ1v) is 7.42. The molecule has 0 aliphatic heterocycles. The minimum absolute atomic E-state index is 0.388. The van der Waals surface area contributed by atoms with Gasteiger partial charge in [0.2, 0.25) is 11.8 Å². The number of nitrogens with two attached hydrogens (primary N) is 1. The molecule has 21 heavy (non-hydrogen) atoms. The normalized spacial score (nSPS) is 16.4. The number of imidazole rings is 1. The molecule has 2 heterocycles. The van der Waals surface area contributed by atoms with Crippen molar-refractivity contribution in [1.82, 2.24) is 19.5 Å². The van der Waals surface area contributed by atoms with Gasteiger partial charge in [-0.3, -0.25) is 4.57 Å². The lowest BCUT2D eigenvalue weighted by molar-refractivity contribution is 0.0246. The molecule has 0 spiro atoms. The monoisotopic (exact) mass is 291 g/mol. The summed E-state index contributed by atoms with van der Waals surface area (Å²) in [6, 6.07) is 0. The Hall–Kier alpha value is -1.89. The number of ether oxygens (including phenoxy) is 2. The fraction of sp³-hybridized carbons (Fsp3) is 0.643. The third-order valence-electron chi connectivity index (χ3n) is 3.94. The molecule has 0 aromatic carbocycles. The number of hydrogen-bond acceptors (Lipinski definition) is 6. The van der Waals surface area contributed by atoms with Gasteiger partial charge in [0.05, 0.1) is 26.4 Å². The summed E-state index contributed by atoms with van der Waals surface area (Å²) in [5, 5.41) is 0. The second-order valence-electron chi connectivity index (χ2n) is 5.31. The average Bonchev–Trinajstić information content (AvgIpc) is 2.84. The Balaban J connectivity index is 1.70. The molecule has 7 nitrogen and oxygen atoms in total. The van der Waals surface area contributed by atoms with E-state index in [1.54, 1.807) is 7.11 Å². The van der Waals surface area contributed by atoms with Crippen LogP contribution in [-0.4, -0.2) is 39.3 Å². The number of nitrogens with zero attached hydrogens (tertiary/aromatic N) is 4. The lowest BCUT2D eigenvalue weighted by atomic mass is 9.98. The zero-order valence-corrected chi connectivity index (χ0v) is 12.3. The van der Waals surface area contributed by atoms with Crippen molar-refractivity contribution < 1.29 is 9.47 Å². The van der Waals surface area contributed by atoms with Crippen molar-refractivity contribution in [2.24, 2.45) is 0 Å². The van der Waals surface area contributed by atoms with E-state index < -0.39 is 0 Å². The van der Waals surface area contributed by atoms with E-state index in [2.05, 4.69) is 15.0 Å². The van der Waals surface area contributed by atoms with E-state index in [4.69, 9.17) is 15.2 Å². The van der Waals surface area contributed by atoms with Crippen LogP contribution in [0, 0.1) is 0 Å². The Morgan fingerprint density at radius 2 is 2.10 bits per heavy atom. The molecule has 1 aliphatic carbocycles. The van der Waals surface area contributed by atoms with Crippen LogP contribution >= 0.6 is 0 Å². The summed E-state index contributed by atoms with van der Waals surface area (Å²) in [6.07, 6.45) is 8.04. The topological polar surface area (TPSA) is 88.1 Å². The van der Waals surface area contributed by atoms with E-state index in [0.717, 1.165) is 12.8 Å². The molecule has 1 aliphatic rings. The van der Waals surface area contributed by atoms with Gasteiger partial charge in [-0.2, -0.15) is 4.98 Å². The van der Waals surface area contributed by atoms with Gasteiger partial charge in [-0.1, -0.05) is 19.3 Å². The summed E-state index contributed by atoms with van der Waals surface area (Å²) in [4.78, 5) is 12.6. The van der Waals surface area contributed by atoms with E-state index >= 15 is 0 Å². The van der Waals surface area contributed by atoms with E-state index in [-0.39, 0.29) is 0 Å². The summed E-state index contributed by atoms with van der Waals surface area (Å²) >= 11 is 0. The van der Waals surface area contributed by atoms with Gasteiger partial charge in [-0.15, -0.1) is 0 Å². The molecule has 0 bridgehead atoms. The molecule has 0 radical (unpaired) electrons. The zero-order chi connectivity index (χ0) is 14.7. The molecular formula is C14H21N5O2. The summed E-state index contributed by atoms with van der Waals surface area (Å²) in [7, 11) is 1.56. The van der Waals surface area contributed by atoms with Gasteiger partial charge in [0.1, 0.15) is 6.33 Å². The maximum atomic E-state index is 5.97. The van der Waals surface area contributed by atoms with E-state index in [9.17, 15) is 0 Å². The molecule has 3 rings (SSSR count). The van der Waals surface area contributed by atoms with Gasteiger partial charge in [0.15, 0.2) is 11.2 Å². The molecule has 114 valence electrons. The minimum Gasteiger partial charge on any atom is -0.479 e. The summed E-state index contributed by atoms with van der Waals surface area (Å²) in [6.45, 7) is 1.26. The SMILES string of the molecule is COc1ncnc2c1nc(N)n2CCOC1CCCCC1. The van der Waals surface area contributed by atoms with Gasteiger partial charge in [0.25, 0.3) is 0 Å². The third-order valence-corrected chi connectivity index (χ3v) is 3.94. The van der Waals surface area contributed by atoms with Gasteiger partial charge < -0.3 is 15.2 Å². The van der Waals surface area contributed by atoms with Crippen molar-refractivity contribution in [3.63, 3.8) is 0 Å². The smallest absolute Gasteiger partial charge is 0.245 e. The average molecular weight is 291 g/mol. The van der Waals surface area contributed by atoms with Gasteiger partial charge in [0, 0.05) is 0 Å². The fourth-order valence-electron chi connectivity index (χ4n) is 2.84. The molecular weight excluding hydrogens is 270 g/mol. The van der Waals surface area contributed by atoms with Crippen LogP contribution in [0.3, 0.4) is 0 Å². The van der Waals surface area contributed by atoms with Crippen molar-refractivity contribution in [2.75, 3.05) is 19.5 Å². The van der Waals surface area contributed by atoms with Gasteiger partial charge in [-0.25, -0.2) is 9.97 Å². The first-order chi connectivity index (χ1) is 10.3. The highest BCUT2D eigenvalue weighted by atomic mass is 16.5. The standard InChI is InChI=1S/C14H21N5O2/c1-20-13-11-12(16-9-17-13)19(14(15)18-11)7-8-21-10-5-3-2-4-6-10/h9-10H,2-8H2,1H3,(H2,15,18). The molecule has 1 fully saturated rings. The first kappa shape index (κ1) is 14.1. The number of fused-ring (bicyclic) bond motifs is 1. The second-order valence-corrected chi connectivity index (χ2v) is 5.31. The largest absolute Gasteiger partial charge is 0.479 e. The lowest BCUT2D eigenvalue weighted by Gasteiger charge is -2.22. The maximum absolute atomic E-state index is 5.97. The predicted molar refractivity (Wildman–Crippen MR) is 79.1 cm³/mol. The quantitative estimate of drug-likeness (QED) is 0.903. The van der Waals surface area contributed by atoms with Crippen LogP contribution in [0.15, 0.2) is 6.33 Å². The van der Waals surface area contributed by atoms with Crippen LogP contribution < -0.4 is 10.5 Å². The maximum Gasteiger partial charge on any atom is 0.245 e. The van der Waals surface area contributed by atoms with Crippen molar-refractivity contribution >= 4 is 17.1 Å². The Bertz CT molecular complexity index is 607. The van der Waals surface area contributed by atoms with Crippen molar-refractivity contribution in [3.8, 4) is 5.88 Å². The molecule has 0 atom stereocenters. The molecule has 2 aromatic heterocycles. The highest BCUT2D eigenvalue weighted by Crippen LogP contribution is 2.23. The molecule has 7 heteroatoms. The number of rotatable bonds is 5. The number of methoxy groups -OCH3 is 1. The Morgan fingerprint density at radius 3 is 2.86 bits per heavy atom. The summed E-state index contributed by atoms with van der Waals surface area (Å²) in [5.74, 6) is 0.856. The van der Waals surface area contributed by atoms with Crippen LogP contribution in [0.25, 0.3) is 11.2 Å². The Labute approximate surface area is 123 Å². The highest BCUT2D eigenvalue weighted by molar-refractivity contribution is 5.78. The fourth-order valence-corrected chi connectivity index (χ4v) is 2.84. The van der Waals surface area contributed by atoms with Crippen LogP contribution in [0.2, 0.25) is 0 Å². The molecule has 2 N–H and O–H groups in total. The first-order valence-electron chi connectivity index (χ1n) is 7.42. The zero-order valence-electron chi connectivity index (χ0n) is 12.3. The molecule has 0 unspecified atom stereocenters. The van der Waals surface area contributed by atoms with Crippen molar-refractivity contribution in [1.29, 1.82) is 0 Å². The Kier molecular flexibility index (Phi) is 4.19.